The zero-order valence-corrected chi connectivity index (χ0v) is 10.3. The third kappa shape index (κ3) is 4.44. The molecule has 0 aromatic heterocycles. The van der Waals surface area contributed by atoms with Crippen molar-refractivity contribution in [1.29, 1.82) is 0 Å². The van der Waals surface area contributed by atoms with Crippen molar-refractivity contribution in [2.75, 3.05) is 0 Å². The van der Waals surface area contributed by atoms with E-state index in [2.05, 4.69) is 5.32 Å². The van der Waals surface area contributed by atoms with Gasteiger partial charge in [-0.05, 0) is 18.4 Å². The Balaban J connectivity index is 2.58. The number of aromatic hydroxyl groups is 1. The van der Waals surface area contributed by atoms with Crippen molar-refractivity contribution < 1.29 is 9.90 Å². The fourth-order valence-corrected chi connectivity index (χ4v) is 1.66. The first-order valence-corrected chi connectivity index (χ1v) is 5.80. The van der Waals surface area contributed by atoms with Crippen LogP contribution in [0, 0.1) is 5.92 Å². The van der Waals surface area contributed by atoms with Gasteiger partial charge in [0, 0.05) is 12.1 Å². The fourth-order valence-electron chi connectivity index (χ4n) is 1.66. The van der Waals surface area contributed by atoms with Gasteiger partial charge in [0.05, 0.1) is 6.04 Å². The van der Waals surface area contributed by atoms with E-state index in [9.17, 15) is 9.90 Å². The number of phenols is 1. The second-order valence-corrected chi connectivity index (χ2v) is 4.59. The standard InChI is InChI=1S/C13H20N2O2/c1-9(2)7-11(13(14)17)15-8-10-5-3-4-6-12(10)16/h3-6,9,11,15-16H,7-8H2,1-2H3,(H2,14,17)/t11-/m0/s1. The minimum absolute atomic E-state index is 0.229. The Hall–Kier alpha value is -1.55. The Morgan fingerprint density at radius 2 is 2.06 bits per heavy atom. The Morgan fingerprint density at radius 1 is 1.41 bits per heavy atom. The van der Waals surface area contributed by atoms with E-state index in [1.54, 1.807) is 12.1 Å². The number of hydrogen-bond donors (Lipinski definition) is 3. The first-order valence-electron chi connectivity index (χ1n) is 5.80. The van der Waals surface area contributed by atoms with Gasteiger partial charge >= 0.3 is 0 Å². The number of primary amides is 1. The van der Waals surface area contributed by atoms with Crippen molar-refractivity contribution in [1.82, 2.24) is 5.32 Å². The normalized spacial score (nSPS) is 12.6. The maximum absolute atomic E-state index is 11.2. The molecule has 94 valence electrons. The predicted molar refractivity (Wildman–Crippen MR) is 67.4 cm³/mol. The molecule has 1 aromatic carbocycles. The van der Waals surface area contributed by atoms with Gasteiger partial charge in [-0.15, -0.1) is 0 Å². The Morgan fingerprint density at radius 3 is 2.59 bits per heavy atom. The van der Waals surface area contributed by atoms with Crippen molar-refractivity contribution in [3.8, 4) is 5.75 Å². The van der Waals surface area contributed by atoms with E-state index in [-0.39, 0.29) is 17.7 Å². The van der Waals surface area contributed by atoms with Crippen LogP contribution in [-0.4, -0.2) is 17.1 Å². The molecule has 4 nitrogen and oxygen atoms in total. The molecule has 0 aliphatic heterocycles. The molecule has 1 aromatic rings. The van der Waals surface area contributed by atoms with Crippen molar-refractivity contribution in [2.24, 2.45) is 11.7 Å². The number of amides is 1. The summed E-state index contributed by atoms with van der Waals surface area (Å²) in [6.45, 7) is 4.52. The number of benzene rings is 1. The quantitative estimate of drug-likeness (QED) is 0.698. The van der Waals surface area contributed by atoms with Crippen LogP contribution in [0.2, 0.25) is 0 Å². The van der Waals surface area contributed by atoms with Crippen molar-refractivity contribution in [2.45, 2.75) is 32.9 Å². The van der Waals surface area contributed by atoms with Crippen LogP contribution in [0.4, 0.5) is 0 Å². The molecule has 4 heteroatoms. The monoisotopic (exact) mass is 236 g/mol. The van der Waals surface area contributed by atoms with Crippen LogP contribution in [-0.2, 0) is 11.3 Å². The molecule has 0 spiro atoms. The summed E-state index contributed by atoms with van der Waals surface area (Å²) in [7, 11) is 0. The predicted octanol–water partition coefficient (Wildman–Crippen LogP) is 1.38. The van der Waals surface area contributed by atoms with Crippen molar-refractivity contribution in [3.05, 3.63) is 29.8 Å². The molecule has 0 saturated carbocycles. The number of phenolic OH excluding ortho intramolecular Hbond substituents is 1. The molecule has 17 heavy (non-hydrogen) atoms. The smallest absolute Gasteiger partial charge is 0.234 e. The van der Waals surface area contributed by atoms with Crippen LogP contribution in [0.25, 0.3) is 0 Å². The highest BCUT2D eigenvalue weighted by Gasteiger charge is 2.16. The van der Waals surface area contributed by atoms with Gasteiger partial charge in [0.25, 0.3) is 0 Å². The van der Waals surface area contributed by atoms with E-state index in [1.165, 1.54) is 0 Å². The summed E-state index contributed by atoms with van der Waals surface area (Å²) in [6, 6.07) is 6.69. The number of carbonyl (C=O) groups excluding carboxylic acids is 1. The molecule has 0 aliphatic carbocycles. The van der Waals surface area contributed by atoms with Crippen LogP contribution >= 0.6 is 0 Å². The number of carbonyl (C=O) groups is 1. The molecule has 0 fully saturated rings. The number of para-hydroxylation sites is 1. The summed E-state index contributed by atoms with van der Waals surface area (Å²) in [5.41, 5.74) is 6.09. The summed E-state index contributed by atoms with van der Waals surface area (Å²) in [6.07, 6.45) is 0.697. The second-order valence-electron chi connectivity index (χ2n) is 4.59. The molecule has 0 radical (unpaired) electrons. The minimum atomic E-state index is -0.353. The van der Waals surface area contributed by atoms with Gasteiger partial charge in [-0.1, -0.05) is 32.0 Å². The average Bonchev–Trinajstić information content (AvgIpc) is 2.25. The van der Waals surface area contributed by atoms with E-state index in [0.717, 1.165) is 5.56 Å². The second kappa shape index (κ2) is 6.25. The Bertz CT molecular complexity index is 377. The number of rotatable bonds is 6. The fraction of sp³-hybridized carbons (Fsp3) is 0.462. The van der Waals surface area contributed by atoms with E-state index in [1.807, 2.05) is 26.0 Å². The molecule has 0 heterocycles. The minimum Gasteiger partial charge on any atom is -0.508 e. The first-order chi connectivity index (χ1) is 8.00. The molecule has 0 bridgehead atoms. The van der Waals surface area contributed by atoms with Crippen LogP contribution in [0.3, 0.4) is 0 Å². The summed E-state index contributed by atoms with van der Waals surface area (Å²) in [4.78, 5) is 11.2. The number of hydrogen-bond acceptors (Lipinski definition) is 3. The van der Waals surface area contributed by atoms with E-state index >= 15 is 0 Å². The molecule has 1 atom stereocenters. The average molecular weight is 236 g/mol. The van der Waals surface area contributed by atoms with Crippen LogP contribution in [0.15, 0.2) is 24.3 Å². The lowest BCUT2D eigenvalue weighted by Gasteiger charge is -2.17. The molecular formula is C13H20N2O2. The molecular weight excluding hydrogens is 216 g/mol. The highest BCUT2D eigenvalue weighted by molar-refractivity contribution is 5.79. The summed E-state index contributed by atoms with van der Waals surface area (Å²) in [5.74, 6) is 0.270. The molecule has 1 amide bonds. The molecule has 4 N–H and O–H groups in total. The largest absolute Gasteiger partial charge is 0.508 e. The number of nitrogens with one attached hydrogen (secondary N) is 1. The summed E-state index contributed by atoms with van der Waals surface area (Å²) in [5, 5.41) is 12.7. The summed E-state index contributed by atoms with van der Waals surface area (Å²) < 4.78 is 0. The molecule has 1 rings (SSSR count). The maximum atomic E-state index is 11.2. The zero-order chi connectivity index (χ0) is 12.8. The SMILES string of the molecule is CC(C)C[C@H](NCc1ccccc1O)C(N)=O. The highest BCUT2D eigenvalue weighted by atomic mass is 16.3. The lowest BCUT2D eigenvalue weighted by molar-refractivity contribution is -0.120. The van der Waals surface area contributed by atoms with Crippen molar-refractivity contribution >= 4 is 5.91 Å². The topological polar surface area (TPSA) is 75.3 Å². The van der Waals surface area contributed by atoms with Crippen LogP contribution in [0.5, 0.6) is 5.75 Å². The zero-order valence-electron chi connectivity index (χ0n) is 10.3. The first kappa shape index (κ1) is 13.5. The summed E-state index contributed by atoms with van der Waals surface area (Å²) >= 11 is 0. The molecule has 0 saturated heterocycles. The van der Waals surface area contributed by atoms with Gasteiger partial charge in [-0.25, -0.2) is 0 Å². The van der Waals surface area contributed by atoms with Gasteiger partial charge < -0.3 is 16.2 Å². The van der Waals surface area contributed by atoms with Crippen LogP contribution in [0.1, 0.15) is 25.8 Å². The van der Waals surface area contributed by atoms with Gasteiger partial charge in [0.15, 0.2) is 0 Å². The third-order valence-corrected chi connectivity index (χ3v) is 2.58. The Labute approximate surface area is 102 Å². The molecule has 0 unspecified atom stereocenters. The van der Waals surface area contributed by atoms with E-state index in [0.29, 0.717) is 18.9 Å². The van der Waals surface area contributed by atoms with E-state index < -0.39 is 0 Å². The lowest BCUT2D eigenvalue weighted by atomic mass is 10.0. The van der Waals surface area contributed by atoms with Gasteiger partial charge in [-0.2, -0.15) is 0 Å². The highest BCUT2D eigenvalue weighted by Crippen LogP contribution is 2.15. The van der Waals surface area contributed by atoms with Gasteiger partial charge in [0.2, 0.25) is 5.91 Å². The van der Waals surface area contributed by atoms with Gasteiger partial charge in [-0.3, -0.25) is 4.79 Å². The lowest BCUT2D eigenvalue weighted by Crippen LogP contribution is -2.41. The van der Waals surface area contributed by atoms with Crippen LogP contribution < -0.4 is 11.1 Å². The number of nitrogens with two attached hydrogens (primary N) is 1. The maximum Gasteiger partial charge on any atom is 0.234 e. The van der Waals surface area contributed by atoms with Crippen molar-refractivity contribution in [3.63, 3.8) is 0 Å². The van der Waals surface area contributed by atoms with Gasteiger partial charge in [0.1, 0.15) is 5.75 Å². The third-order valence-electron chi connectivity index (χ3n) is 2.58. The van der Waals surface area contributed by atoms with E-state index in [4.69, 9.17) is 5.73 Å². The Kier molecular flexibility index (Phi) is 4.97. The molecule has 0 aliphatic rings.